The highest BCUT2D eigenvalue weighted by Gasteiger charge is 2.30. The zero-order chi connectivity index (χ0) is 19.8. The van der Waals surface area contributed by atoms with E-state index in [1.807, 2.05) is 0 Å². The molecule has 6 nitrogen and oxygen atoms in total. The lowest BCUT2D eigenvalue weighted by Crippen LogP contribution is -2.29. The average molecular weight is 396 g/mol. The zero-order valence-corrected chi connectivity index (χ0v) is 14.2. The number of alkyl halides is 3. The molecule has 0 atom stereocenters. The summed E-state index contributed by atoms with van der Waals surface area (Å²) in [7, 11) is 0. The largest absolute Gasteiger partial charge is 0.504 e. The Balaban J connectivity index is 2.00. The highest BCUT2D eigenvalue weighted by Crippen LogP contribution is 2.40. The van der Waals surface area contributed by atoms with Crippen LogP contribution < -0.4 is 5.32 Å². The first-order chi connectivity index (χ1) is 12.7. The predicted octanol–water partition coefficient (Wildman–Crippen LogP) is 3.50. The molecule has 0 bridgehead atoms. The second kappa shape index (κ2) is 6.88. The normalized spacial score (nSPS) is 11.5. The molecule has 0 aliphatic carbocycles. The molecule has 0 radical (unpaired) electrons. The van der Waals surface area contributed by atoms with Crippen LogP contribution in [-0.4, -0.2) is 33.6 Å². The number of aromatic hydroxyl groups is 1. The number of hydrogen-bond acceptors (Lipinski definition) is 5. The van der Waals surface area contributed by atoms with Crippen molar-refractivity contribution in [3.63, 3.8) is 0 Å². The van der Waals surface area contributed by atoms with Gasteiger partial charge in [0.2, 0.25) is 0 Å². The molecular weight excluding hydrogens is 385 g/mol. The van der Waals surface area contributed by atoms with E-state index in [0.29, 0.717) is 15.8 Å². The summed E-state index contributed by atoms with van der Waals surface area (Å²) in [6, 6.07) is 6.30. The summed E-state index contributed by atoms with van der Waals surface area (Å²) in [5.74, 6) is -2.59. The van der Waals surface area contributed by atoms with Crippen LogP contribution in [0.2, 0.25) is 0 Å². The summed E-state index contributed by atoms with van der Waals surface area (Å²) in [6.07, 6.45) is -3.19. The number of aromatic nitrogens is 1. The average Bonchev–Trinajstić information content (AvgIpc) is 3.04. The maximum absolute atomic E-state index is 12.9. The molecule has 140 valence electrons. The summed E-state index contributed by atoms with van der Waals surface area (Å²) in [5.41, 5.74) is -0.850. The molecule has 1 aromatic carbocycles. The minimum atomic E-state index is -4.48. The molecule has 3 N–H and O–H groups in total. The van der Waals surface area contributed by atoms with Crippen LogP contribution >= 0.6 is 11.3 Å². The van der Waals surface area contributed by atoms with E-state index in [-0.39, 0.29) is 10.4 Å². The van der Waals surface area contributed by atoms with Gasteiger partial charge in [0.25, 0.3) is 5.91 Å². The molecule has 10 heteroatoms. The summed E-state index contributed by atoms with van der Waals surface area (Å²) in [4.78, 5) is 26.7. The minimum Gasteiger partial charge on any atom is -0.504 e. The fraction of sp³-hybridized carbons (Fsp3) is 0.118. The summed E-state index contributed by atoms with van der Waals surface area (Å²) in [5, 5.41) is 21.4. The van der Waals surface area contributed by atoms with E-state index in [4.69, 9.17) is 5.11 Å². The number of carbonyl (C=O) groups is 2. The van der Waals surface area contributed by atoms with Crippen molar-refractivity contribution in [3.05, 3.63) is 47.8 Å². The Kier molecular flexibility index (Phi) is 4.75. The number of carboxylic acid groups (broad SMARTS) is 1. The fourth-order valence-electron chi connectivity index (χ4n) is 2.39. The Morgan fingerprint density at radius 1 is 1.22 bits per heavy atom. The zero-order valence-electron chi connectivity index (χ0n) is 13.4. The maximum atomic E-state index is 12.9. The molecule has 0 spiro atoms. The van der Waals surface area contributed by atoms with Crippen LogP contribution in [-0.2, 0) is 11.0 Å². The Morgan fingerprint density at radius 2 is 1.96 bits per heavy atom. The number of amides is 1. The third-order valence-corrected chi connectivity index (χ3v) is 4.83. The van der Waals surface area contributed by atoms with E-state index in [0.717, 1.165) is 23.5 Å². The standard InChI is InChI=1S/C17H11F3N2O4S/c18-17(19,20)10-3-1-2-8(4-10)11-5-9-6-21-13(14(25)15(9)27-11)16(26)22-7-12(23)24/h1-6,25H,7H2,(H,22,26)(H,23,24). The van der Waals surface area contributed by atoms with Crippen molar-refractivity contribution in [2.75, 3.05) is 6.54 Å². The molecule has 3 aromatic rings. The van der Waals surface area contributed by atoms with Gasteiger partial charge < -0.3 is 15.5 Å². The maximum Gasteiger partial charge on any atom is 0.416 e. The minimum absolute atomic E-state index is 0.262. The molecule has 0 aliphatic rings. The van der Waals surface area contributed by atoms with Crippen LogP contribution in [0.5, 0.6) is 5.75 Å². The number of rotatable bonds is 4. The molecule has 0 saturated heterocycles. The Bertz CT molecular complexity index is 1050. The first-order valence-electron chi connectivity index (χ1n) is 7.46. The first kappa shape index (κ1) is 18.6. The third-order valence-electron chi connectivity index (χ3n) is 3.62. The first-order valence-corrected chi connectivity index (χ1v) is 8.27. The van der Waals surface area contributed by atoms with Crippen LogP contribution in [0.25, 0.3) is 20.5 Å². The number of hydrogen-bond donors (Lipinski definition) is 3. The molecule has 3 rings (SSSR count). The number of nitrogens with zero attached hydrogens (tertiary/aromatic N) is 1. The van der Waals surface area contributed by atoms with Gasteiger partial charge in [-0.15, -0.1) is 11.3 Å². The number of pyridine rings is 1. The quantitative estimate of drug-likeness (QED) is 0.627. The number of aliphatic carboxylic acids is 1. The molecule has 0 fully saturated rings. The van der Waals surface area contributed by atoms with E-state index in [1.54, 1.807) is 6.07 Å². The second-order valence-electron chi connectivity index (χ2n) is 5.51. The van der Waals surface area contributed by atoms with Gasteiger partial charge >= 0.3 is 12.1 Å². The lowest BCUT2D eigenvalue weighted by molar-refractivity contribution is -0.137. The van der Waals surface area contributed by atoms with Crippen molar-refractivity contribution in [2.24, 2.45) is 0 Å². The lowest BCUT2D eigenvalue weighted by atomic mass is 10.1. The third kappa shape index (κ3) is 3.85. The van der Waals surface area contributed by atoms with Crippen LogP contribution in [0, 0.1) is 0 Å². The molecule has 2 aromatic heterocycles. The molecule has 2 heterocycles. The van der Waals surface area contributed by atoms with Crippen molar-refractivity contribution in [1.29, 1.82) is 0 Å². The summed E-state index contributed by atoms with van der Waals surface area (Å²) >= 11 is 0.999. The van der Waals surface area contributed by atoms with Gasteiger partial charge in [-0.3, -0.25) is 9.59 Å². The summed E-state index contributed by atoms with van der Waals surface area (Å²) in [6.45, 7) is -0.641. The highest BCUT2D eigenvalue weighted by molar-refractivity contribution is 7.22. The van der Waals surface area contributed by atoms with Gasteiger partial charge in [0, 0.05) is 16.5 Å². The van der Waals surface area contributed by atoms with Crippen molar-refractivity contribution in [3.8, 4) is 16.2 Å². The van der Waals surface area contributed by atoms with Crippen molar-refractivity contribution in [2.45, 2.75) is 6.18 Å². The topological polar surface area (TPSA) is 99.5 Å². The van der Waals surface area contributed by atoms with Gasteiger partial charge in [-0.1, -0.05) is 12.1 Å². The molecule has 0 unspecified atom stereocenters. The van der Waals surface area contributed by atoms with Gasteiger partial charge in [0.15, 0.2) is 11.4 Å². The monoisotopic (exact) mass is 396 g/mol. The molecule has 0 aliphatic heterocycles. The molecule has 27 heavy (non-hydrogen) atoms. The van der Waals surface area contributed by atoms with Crippen molar-refractivity contribution >= 4 is 33.3 Å². The van der Waals surface area contributed by atoms with Crippen LogP contribution in [0.15, 0.2) is 36.5 Å². The van der Waals surface area contributed by atoms with Crippen LogP contribution in [0.3, 0.4) is 0 Å². The number of thiophene rings is 1. The van der Waals surface area contributed by atoms with E-state index < -0.39 is 35.9 Å². The number of carbonyl (C=O) groups excluding carboxylic acids is 1. The summed E-state index contributed by atoms with van der Waals surface area (Å²) < 4.78 is 38.9. The van der Waals surface area contributed by atoms with Gasteiger partial charge in [-0.25, -0.2) is 4.98 Å². The lowest BCUT2D eigenvalue weighted by Gasteiger charge is -2.07. The number of fused-ring (bicyclic) bond motifs is 1. The van der Waals surface area contributed by atoms with Gasteiger partial charge in [-0.2, -0.15) is 13.2 Å². The second-order valence-corrected chi connectivity index (χ2v) is 6.56. The van der Waals surface area contributed by atoms with E-state index in [2.05, 4.69) is 10.3 Å². The SMILES string of the molecule is O=C(O)CNC(=O)c1ncc2cc(-c3cccc(C(F)(F)F)c3)sc2c1O. The number of carboxylic acids is 1. The number of nitrogens with one attached hydrogen (secondary N) is 1. The molecular formula is C17H11F3N2O4S. The van der Waals surface area contributed by atoms with Gasteiger partial charge in [0.05, 0.1) is 10.3 Å². The smallest absolute Gasteiger partial charge is 0.416 e. The van der Waals surface area contributed by atoms with Gasteiger partial charge in [0.1, 0.15) is 6.54 Å². The van der Waals surface area contributed by atoms with Crippen LogP contribution in [0.4, 0.5) is 13.2 Å². The van der Waals surface area contributed by atoms with E-state index in [1.165, 1.54) is 18.3 Å². The Morgan fingerprint density at radius 3 is 2.63 bits per heavy atom. The Labute approximate surface area is 153 Å². The molecule has 1 amide bonds. The van der Waals surface area contributed by atoms with Crippen molar-refractivity contribution < 1.29 is 33.0 Å². The van der Waals surface area contributed by atoms with Gasteiger partial charge in [-0.05, 0) is 23.8 Å². The number of halogens is 3. The van der Waals surface area contributed by atoms with E-state index in [9.17, 15) is 27.9 Å². The van der Waals surface area contributed by atoms with E-state index >= 15 is 0 Å². The Hall–Kier alpha value is -3.14. The fourth-order valence-corrected chi connectivity index (χ4v) is 3.46. The highest BCUT2D eigenvalue weighted by atomic mass is 32.1. The predicted molar refractivity (Wildman–Crippen MR) is 91.7 cm³/mol. The van der Waals surface area contributed by atoms with Crippen LogP contribution in [0.1, 0.15) is 16.1 Å². The number of benzene rings is 1. The van der Waals surface area contributed by atoms with Crippen molar-refractivity contribution in [1.82, 2.24) is 10.3 Å². The molecule has 0 saturated carbocycles.